The molecular formula is C16H31NO3. The minimum absolute atomic E-state index is 0.188. The van der Waals surface area contributed by atoms with Crippen LogP contribution in [0, 0.1) is 17.8 Å². The summed E-state index contributed by atoms with van der Waals surface area (Å²) in [6.45, 7) is 12.0. The summed E-state index contributed by atoms with van der Waals surface area (Å²) in [5.74, 6) is 1.79. The molecule has 4 heteroatoms. The van der Waals surface area contributed by atoms with Gasteiger partial charge < -0.3 is 14.7 Å². The molecule has 2 unspecified atom stereocenters. The van der Waals surface area contributed by atoms with Gasteiger partial charge in [-0.1, -0.05) is 13.8 Å². The molecule has 0 radical (unpaired) electrons. The topological polar surface area (TPSA) is 49.8 Å². The smallest absolute Gasteiger partial charge is 0.410 e. The summed E-state index contributed by atoms with van der Waals surface area (Å²) in [6.07, 6.45) is 2.76. The number of aliphatic hydroxyl groups is 1. The predicted molar refractivity (Wildman–Crippen MR) is 80.6 cm³/mol. The largest absolute Gasteiger partial charge is 0.444 e. The van der Waals surface area contributed by atoms with Gasteiger partial charge in [0.15, 0.2) is 0 Å². The normalized spacial score (nSPS) is 20.6. The maximum atomic E-state index is 12.0. The molecule has 1 N–H and O–H groups in total. The second-order valence-corrected chi connectivity index (χ2v) is 7.15. The van der Waals surface area contributed by atoms with Crippen LogP contribution >= 0.6 is 0 Å². The van der Waals surface area contributed by atoms with Crippen LogP contribution in [-0.2, 0) is 4.74 Å². The third-order valence-electron chi connectivity index (χ3n) is 4.42. The summed E-state index contributed by atoms with van der Waals surface area (Å²) in [5.41, 5.74) is -0.420. The molecule has 4 nitrogen and oxygen atoms in total. The third kappa shape index (κ3) is 5.31. The van der Waals surface area contributed by atoms with Gasteiger partial charge in [-0.15, -0.1) is 0 Å². The number of carbonyl (C=O) groups excluding carboxylic acids is 1. The number of rotatable bonds is 4. The summed E-state index contributed by atoms with van der Waals surface area (Å²) < 4.78 is 5.41. The van der Waals surface area contributed by atoms with Crippen LogP contribution in [0.4, 0.5) is 4.79 Å². The lowest BCUT2D eigenvalue weighted by Gasteiger charge is -2.37. The summed E-state index contributed by atoms with van der Waals surface area (Å²) in [4.78, 5) is 13.8. The van der Waals surface area contributed by atoms with E-state index in [-0.39, 0.29) is 12.7 Å². The van der Waals surface area contributed by atoms with Crippen molar-refractivity contribution < 1.29 is 14.6 Å². The van der Waals surface area contributed by atoms with Gasteiger partial charge in [-0.25, -0.2) is 4.79 Å². The van der Waals surface area contributed by atoms with E-state index in [4.69, 9.17) is 9.84 Å². The van der Waals surface area contributed by atoms with Crippen molar-refractivity contribution in [2.45, 2.75) is 59.5 Å². The van der Waals surface area contributed by atoms with Crippen molar-refractivity contribution in [1.82, 2.24) is 4.90 Å². The van der Waals surface area contributed by atoms with E-state index >= 15 is 0 Å². The minimum atomic E-state index is -0.420. The Morgan fingerprint density at radius 1 is 1.30 bits per heavy atom. The molecule has 20 heavy (non-hydrogen) atoms. The number of carbonyl (C=O) groups is 1. The second kappa shape index (κ2) is 7.30. The van der Waals surface area contributed by atoms with Gasteiger partial charge in [-0.3, -0.25) is 0 Å². The van der Waals surface area contributed by atoms with E-state index in [9.17, 15) is 4.79 Å². The molecule has 0 aromatic heterocycles. The summed E-state index contributed by atoms with van der Waals surface area (Å²) in [5, 5.41) is 9.04. The first-order valence-electron chi connectivity index (χ1n) is 7.83. The number of hydrogen-bond donors (Lipinski definition) is 1. The zero-order chi connectivity index (χ0) is 15.3. The number of amides is 1. The second-order valence-electron chi connectivity index (χ2n) is 7.15. The molecule has 1 heterocycles. The fourth-order valence-corrected chi connectivity index (χ4v) is 2.87. The lowest BCUT2D eigenvalue weighted by molar-refractivity contribution is 0.0146. The van der Waals surface area contributed by atoms with Crippen LogP contribution in [0.1, 0.15) is 53.9 Å². The molecule has 1 amide bonds. The zero-order valence-corrected chi connectivity index (χ0v) is 13.7. The van der Waals surface area contributed by atoms with Crippen LogP contribution in [0.5, 0.6) is 0 Å². The molecule has 0 bridgehead atoms. The molecule has 1 rings (SSSR count). The number of nitrogens with zero attached hydrogens (tertiary/aromatic N) is 1. The Labute approximate surface area is 123 Å². The monoisotopic (exact) mass is 285 g/mol. The van der Waals surface area contributed by atoms with Crippen LogP contribution in [0.15, 0.2) is 0 Å². The summed E-state index contributed by atoms with van der Waals surface area (Å²) >= 11 is 0. The Morgan fingerprint density at radius 2 is 1.85 bits per heavy atom. The maximum absolute atomic E-state index is 12.0. The Bertz CT molecular complexity index is 303. The first kappa shape index (κ1) is 17.3. The van der Waals surface area contributed by atoms with Crippen molar-refractivity contribution in [3.8, 4) is 0 Å². The van der Waals surface area contributed by atoms with Gasteiger partial charge in [-0.05, 0) is 57.8 Å². The fraction of sp³-hybridized carbons (Fsp3) is 0.938. The number of ether oxygens (including phenoxy) is 1. The first-order chi connectivity index (χ1) is 9.24. The summed E-state index contributed by atoms with van der Waals surface area (Å²) in [6, 6.07) is 0. The molecule has 1 fully saturated rings. The van der Waals surface area contributed by atoms with E-state index in [1.807, 2.05) is 25.7 Å². The molecule has 1 saturated heterocycles. The van der Waals surface area contributed by atoms with E-state index < -0.39 is 5.60 Å². The SMILES string of the molecule is CC(CCO)C(C)C1CCN(C(=O)OC(C)(C)C)CC1. The molecule has 1 aliphatic rings. The molecule has 0 aliphatic carbocycles. The molecule has 118 valence electrons. The van der Waals surface area contributed by atoms with Gasteiger partial charge in [0.2, 0.25) is 0 Å². The first-order valence-corrected chi connectivity index (χ1v) is 7.83. The van der Waals surface area contributed by atoms with E-state index in [2.05, 4.69) is 13.8 Å². The van der Waals surface area contributed by atoms with Crippen molar-refractivity contribution in [1.29, 1.82) is 0 Å². The number of piperidine rings is 1. The fourth-order valence-electron chi connectivity index (χ4n) is 2.87. The van der Waals surface area contributed by atoms with Crippen LogP contribution < -0.4 is 0 Å². The molecule has 1 aliphatic heterocycles. The predicted octanol–water partition coefficient (Wildman–Crippen LogP) is 3.29. The van der Waals surface area contributed by atoms with Gasteiger partial charge in [0.25, 0.3) is 0 Å². The van der Waals surface area contributed by atoms with Crippen LogP contribution in [0.2, 0.25) is 0 Å². The van der Waals surface area contributed by atoms with Crippen molar-refractivity contribution >= 4 is 6.09 Å². The number of likely N-dealkylation sites (tertiary alicyclic amines) is 1. The van der Waals surface area contributed by atoms with E-state index in [1.165, 1.54) is 0 Å². The Hall–Kier alpha value is -0.770. The average molecular weight is 285 g/mol. The summed E-state index contributed by atoms with van der Waals surface area (Å²) in [7, 11) is 0. The maximum Gasteiger partial charge on any atom is 0.410 e. The van der Waals surface area contributed by atoms with E-state index in [0.717, 1.165) is 32.4 Å². The molecule has 0 aromatic carbocycles. The average Bonchev–Trinajstić information content (AvgIpc) is 2.36. The van der Waals surface area contributed by atoms with Crippen LogP contribution in [0.25, 0.3) is 0 Å². The standard InChI is InChI=1S/C16H31NO3/c1-12(8-11-18)13(2)14-6-9-17(10-7-14)15(19)20-16(3,4)5/h12-14,18H,6-11H2,1-5H3. The molecule has 0 saturated carbocycles. The van der Waals surface area contributed by atoms with Gasteiger partial charge in [0.1, 0.15) is 5.60 Å². The minimum Gasteiger partial charge on any atom is -0.444 e. The molecule has 0 spiro atoms. The van der Waals surface area contributed by atoms with Crippen molar-refractivity contribution in [3.63, 3.8) is 0 Å². The van der Waals surface area contributed by atoms with E-state index in [1.54, 1.807) is 0 Å². The van der Waals surface area contributed by atoms with E-state index in [0.29, 0.717) is 17.8 Å². The lowest BCUT2D eigenvalue weighted by Crippen LogP contribution is -2.43. The number of hydrogen-bond acceptors (Lipinski definition) is 3. The highest BCUT2D eigenvalue weighted by atomic mass is 16.6. The van der Waals surface area contributed by atoms with Crippen LogP contribution in [-0.4, -0.2) is 41.4 Å². The van der Waals surface area contributed by atoms with Crippen LogP contribution in [0.3, 0.4) is 0 Å². The molecular weight excluding hydrogens is 254 g/mol. The highest BCUT2D eigenvalue weighted by molar-refractivity contribution is 5.68. The Kier molecular flexibility index (Phi) is 6.31. The third-order valence-corrected chi connectivity index (χ3v) is 4.42. The zero-order valence-electron chi connectivity index (χ0n) is 13.7. The van der Waals surface area contributed by atoms with Crippen molar-refractivity contribution in [2.24, 2.45) is 17.8 Å². The highest BCUT2D eigenvalue weighted by Gasteiger charge is 2.30. The van der Waals surface area contributed by atoms with Gasteiger partial charge in [-0.2, -0.15) is 0 Å². The molecule has 2 atom stereocenters. The van der Waals surface area contributed by atoms with Gasteiger partial charge >= 0.3 is 6.09 Å². The van der Waals surface area contributed by atoms with Crippen molar-refractivity contribution in [3.05, 3.63) is 0 Å². The van der Waals surface area contributed by atoms with Gasteiger partial charge in [0.05, 0.1) is 0 Å². The Morgan fingerprint density at radius 3 is 2.30 bits per heavy atom. The lowest BCUT2D eigenvalue weighted by atomic mass is 9.77. The van der Waals surface area contributed by atoms with Gasteiger partial charge in [0, 0.05) is 19.7 Å². The highest BCUT2D eigenvalue weighted by Crippen LogP contribution is 2.31. The van der Waals surface area contributed by atoms with Crippen molar-refractivity contribution in [2.75, 3.05) is 19.7 Å². The Balaban J connectivity index is 2.41. The number of aliphatic hydroxyl groups excluding tert-OH is 1. The quantitative estimate of drug-likeness (QED) is 0.862. The molecule has 0 aromatic rings.